The van der Waals surface area contributed by atoms with Crippen molar-refractivity contribution in [1.29, 1.82) is 0 Å². The molecule has 0 saturated heterocycles. The van der Waals surface area contributed by atoms with E-state index < -0.39 is 11.5 Å². The number of aryl methyl sites for hydroxylation is 1. The van der Waals surface area contributed by atoms with E-state index in [9.17, 15) is 14.7 Å². The molecule has 0 spiro atoms. The van der Waals surface area contributed by atoms with Gasteiger partial charge in [0.1, 0.15) is 11.3 Å². The van der Waals surface area contributed by atoms with Gasteiger partial charge in [-0.05, 0) is 18.6 Å². The smallest absolute Gasteiger partial charge is 0.352 e. The lowest BCUT2D eigenvalue weighted by atomic mass is 10.2. The molecule has 7 heteroatoms. The van der Waals surface area contributed by atoms with Gasteiger partial charge in [0.15, 0.2) is 0 Å². The highest BCUT2D eigenvalue weighted by Gasteiger charge is 2.16. The van der Waals surface area contributed by atoms with E-state index in [2.05, 4.69) is 10.1 Å². The second kappa shape index (κ2) is 5.44. The van der Waals surface area contributed by atoms with E-state index in [0.29, 0.717) is 17.9 Å². The van der Waals surface area contributed by atoms with E-state index in [1.807, 2.05) is 6.92 Å². The van der Waals surface area contributed by atoms with Crippen LogP contribution in [0.25, 0.3) is 16.9 Å². The van der Waals surface area contributed by atoms with Crippen molar-refractivity contribution >= 4 is 11.6 Å². The average molecular weight is 298 g/mol. The highest BCUT2D eigenvalue weighted by molar-refractivity contribution is 5.86. The molecule has 0 amide bonds. The molecule has 7 nitrogen and oxygen atoms in total. The number of nitrogens with zero attached hydrogens (tertiary/aromatic N) is 4. The summed E-state index contributed by atoms with van der Waals surface area (Å²) in [7, 11) is 0. The van der Waals surface area contributed by atoms with Crippen molar-refractivity contribution in [3.05, 3.63) is 52.7 Å². The molecule has 3 rings (SSSR count). The van der Waals surface area contributed by atoms with Crippen LogP contribution in [0.4, 0.5) is 0 Å². The van der Waals surface area contributed by atoms with Crippen LogP contribution >= 0.6 is 0 Å². The fourth-order valence-electron chi connectivity index (χ4n) is 2.40. The lowest BCUT2D eigenvalue weighted by Crippen LogP contribution is -2.23. The zero-order valence-electron chi connectivity index (χ0n) is 11.9. The third-order valence-electron chi connectivity index (χ3n) is 3.37. The van der Waals surface area contributed by atoms with Gasteiger partial charge >= 0.3 is 5.97 Å². The molecule has 0 radical (unpaired) electrons. The number of aromatic carboxylic acids is 1. The second-order valence-electron chi connectivity index (χ2n) is 4.86. The van der Waals surface area contributed by atoms with Gasteiger partial charge in [-0.2, -0.15) is 9.61 Å². The number of hydrogen-bond donors (Lipinski definition) is 1. The summed E-state index contributed by atoms with van der Waals surface area (Å²) in [6.07, 6.45) is 4.02. The van der Waals surface area contributed by atoms with Crippen LogP contribution in [0, 0.1) is 0 Å². The minimum absolute atomic E-state index is 0.0273. The molecule has 3 aromatic heterocycles. The van der Waals surface area contributed by atoms with Crippen LogP contribution in [0.5, 0.6) is 0 Å². The van der Waals surface area contributed by atoms with Crippen molar-refractivity contribution in [2.45, 2.75) is 19.9 Å². The Labute approximate surface area is 125 Å². The Morgan fingerprint density at radius 3 is 2.64 bits per heavy atom. The molecule has 0 aliphatic heterocycles. The molecule has 3 heterocycles. The maximum absolute atomic E-state index is 12.1. The third-order valence-corrected chi connectivity index (χ3v) is 3.37. The van der Waals surface area contributed by atoms with E-state index in [0.717, 1.165) is 18.1 Å². The van der Waals surface area contributed by atoms with Crippen LogP contribution in [-0.4, -0.2) is 30.2 Å². The van der Waals surface area contributed by atoms with Gasteiger partial charge < -0.3 is 9.67 Å². The van der Waals surface area contributed by atoms with Crippen molar-refractivity contribution in [3.8, 4) is 11.3 Å². The molecule has 0 aromatic carbocycles. The molecule has 0 bridgehead atoms. The molecule has 0 atom stereocenters. The van der Waals surface area contributed by atoms with Crippen molar-refractivity contribution in [3.63, 3.8) is 0 Å². The maximum Gasteiger partial charge on any atom is 0.352 e. The maximum atomic E-state index is 12.1. The molecule has 0 unspecified atom stereocenters. The normalized spacial score (nSPS) is 11.0. The first-order valence-electron chi connectivity index (χ1n) is 6.89. The molecule has 0 aliphatic carbocycles. The van der Waals surface area contributed by atoms with Crippen LogP contribution in [0.3, 0.4) is 0 Å². The van der Waals surface area contributed by atoms with Crippen molar-refractivity contribution in [2.75, 3.05) is 0 Å². The van der Waals surface area contributed by atoms with Gasteiger partial charge in [0.05, 0.1) is 5.69 Å². The Hall–Kier alpha value is -2.96. The summed E-state index contributed by atoms with van der Waals surface area (Å²) in [6, 6.07) is 6.40. The van der Waals surface area contributed by atoms with Crippen LogP contribution in [0.1, 0.15) is 23.8 Å². The summed E-state index contributed by atoms with van der Waals surface area (Å²) in [5, 5.41) is 13.6. The van der Waals surface area contributed by atoms with E-state index in [4.69, 9.17) is 0 Å². The fraction of sp³-hybridized carbons (Fsp3) is 0.200. The van der Waals surface area contributed by atoms with Crippen molar-refractivity contribution < 1.29 is 9.90 Å². The molecule has 0 saturated carbocycles. The highest BCUT2D eigenvalue weighted by atomic mass is 16.4. The molecule has 112 valence electrons. The Bertz CT molecular complexity index is 896. The number of carboxylic acid groups (broad SMARTS) is 1. The van der Waals surface area contributed by atoms with Crippen LogP contribution in [0.2, 0.25) is 0 Å². The summed E-state index contributed by atoms with van der Waals surface area (Å²) >= 11 is 0. The molecular formula is C15H14N4O3. The number of hydrogen-bond acceptors (Lipinski definition) is 4. The van der Waals surface area contributed by atoms with E-state index in [1.54, 1.807) is 35.2 Å². The topological polar surface area (TPSA) is 89.5 Å². The lowest BCUT2D eigenvalue weighted by Gasteiger charge is -2.10. The number of rotatable bonds is 4. The summed E-state index contributed by atoms with van der Waals surface area (Å²) < 4.78 is 2.83. The van der Waals surface area contributed by atoms with Gasteiger partial charge in [0.25, 0.3) is 5.56 Å². The number of carbonyl (C=O) groups is 1. The molecule has 3 aromatic rings. The summed E-state index contributed by atoms with van der Waals surface area (Å²) in [5.41, 5.74) is 1.41. The van der Waals surface area contributed by atoms with E-state index in [-0.39, 0.29) is 5.69 Å². The monoisotopic (exact) mass is 298 g/mol. The first-order valence-corrected chi connectivity index (χ1v) is 6.89. The minimum Gasteiger partial charge on any atom is -0.477 e. The lowest BCUT2D eigenvalue weighted by molar-refractivity contribution is 0.0684. The second-order valence-corrected chi connectivity index (χ2v) is 4.86. The van der Waals surface area contributed by atoms with Gasteiger partial charge in [0, 0.05) is 36.6 Å². The number of carboxylic acids is 1. The zero-order valence-corrected chi connectivity index (χ0v) is 11.9. The summed E-state index contributed by atoms with van der Waals surface area (Å²) in [5.74, 6) is -1.13. The molecule has 0 fully saturated rings. The Morgan fingerprint density at radius 1 is 1.27 bits per heavy atom. The first-order chi connectivity index (χ1) is 10.6. The number of aromatic nitrogens is 4. The third kappa shape index (κ3) is 2.26. The summed E-state index contributed by atoms with van der Waals surface area (Å²) in [6.45, 7) is 2.44. The Morgan fingerprint density at radius 2 is 2.00 bits per heavy atom. The summed E-state index contributed by atoms with van der Waals surface area (Å²) in [4.78, 5) is 27.4. The predicted octanol–water partition coefficient (Wildman–Crippen LogP) is 1.67. The average Bonchev–Trinajstić information content (AvgIpc) is 2.96. The van der Waals surface area contributed by atoms with Gasteiger partial charge in [0.2, 0.25) is 0 Å². The molecule has 22 heavy (non-hydrogen) atoms. The van der Waals surface area contributed by atoms with Crippen molar-refractivity contribution in [2.24, 2.45) is 0 Å². The van der Waals surface area contributed by atoms with Crippen LogP contribution in [-0.2, 0) is 6.54 Å². The van der Waals surface area contributed by atoms with E-state index in [1.165, 1.54) is 4.52 Å². The van der Waals surface area contributed by atoms with Gasteiger partial charge in [-0.3, -0.25) is 9.78 Å². The van der Waals surface area contributed by atoms with Gasteiger partial charge in [-0.25, -0.2) is 4.79 Å². The Balaban J connectivity index is 2.31. The first kappa shape index (κ1) is 14.0. The minimum atomic E-state index is -1.13. The predicted molar refractivity (Wildman–Crippen MR) is 79.9 cm³/mol. The van der Waals surface area contributed by atoms with Crippen molar-refractivity contribution in [1.82, 2.24) is 19.2 Å². The quantitative estimate of drug-likeness (QED) is 0.791. The van der Waals surface area contributed by atoms with Gasteiger partial charge in [-0.1, -0.05) is 6.92 Å². The SMILES string of the molecule is CCCn1c(C(=O)O)cc(=O)n2nc(-c3ccncc3)cc12. The Kier molecular flexibility index (Phi) is 3.46. The van der Waals surface area contributed by atoms with Gasteiger partial charge in [-0.15, -0.1) is 0 Å². The number of pyridine rings is 1. The zero-order chi connectivity index (χ0) is 15.7. The molecule has 1 N–H and O–H groups in total. The van der Waals surface area contributed by atoms with Crippen LogP contribution < -0.4 is 5.56 Å². The molecule has 0 aliphatic rings. The standard InChI is InChI=1S/C15H14N4O3/c1-2-7-18-12(15(21)22)9-14(20)19-13(18)8-11(17-19)10-3-5-16-6-4-10/h3-6,8-9H,2,7H2,1H3,(H,21,22). The molecular weight excluding hydrogens is 284 g/mol. The highest BCUT2D eigenvalue weighted by Crippen LogP contribution is 2.19. The number of fused-ring (bicyclic) bond motifs is 1. The van der Waals surface area contributed by atoms with Crippen LogP contribution in [0.15, 0.2) is 41.5 Å². The largest absolute Gasteiger partial charge is 0.477 e. The van der Waals surface area contributed by atoms with E-state index >= 15 is 0 Å². The fourth-order valence-corrected chi connectivity index (χ4v) is 2.40.